The largest absolute Gasteiger partial charge is 0.458 e. The van der Waals surface area contributed by atoms with Gasteiger partial charge in [-0.1, -0.05) is 0 Å². The van der Waals surface area contributed by atoms with Crippen molar-refractivity contribution in [1.29, 1.82) is 0 Å². The molecule has 0 saturated heterocycles. The van der Waals surface area contributed by atoms with Crippen LogP contribution >= 0.6 is 11.6 Å². The summed E-state index contributed by atoms with van der Waals surface area (Å²) in [6.07, 6.45) is 2.18. The number of carbonyl (C=O) groups is 2. The predicted octanol–water partition coefficient (Wildman–Crippen LogP) is 2.05. The minimum Gasteiger partial charge on any atom is -0.458 e. The van der Waals surface area contributed by atoms with Gasteiger partial charge in [0.15, 0.2) is 0 Å². The number of ether oxygens (including phenoxy) is 2. The second-order valence-corrected chi connectivity index (χ2v) is 4.49. The molecule has 92 valence electrons. The first kappa shape index (κ1) is 15.0. The Hall–Kier alpha value is -1.03. The summed E-state index contributed by atoms with van der Waals surface area (Å²) in [5.74, 6) is -1.20. The van der Waals surface area contributed by atoms with Gasteiger partial charge in [-0.25, -0.2) is 4.79 Å². The fraction of sp³-hybridized carbons (Fsp3) is 0.636. The lowest BCUT2D eigenvalue weighted by molar-refractivity contribution is -0.149. The molecule has 0 aliphatic heterocycles. The third kappa shape index (κ3) is 8.29. The third-order valence-corrected chi connectivity index (χ3v) is 1.55. The molecule has 0 aromatic rings. The average Bonchev–Trinajstić information content (AvgIpc) is 2.12. The van der Waals surface area contributed by atoms with Gasteiger partial charge in [-0.15, -0.1) is 11.6 Å². The van der Waals surface area contributed by atoms with Gasteiger partial charge in [-0.3, -0.25) is 4.79 Å². The summed E-state index contributed by atoms with van der Waals surface area (Å²) in [6.45, 7) is 6.95. The summed E-state index contributed by atoms with van der Waals surface area (Å²) in [6, 6.07) is 0. The maximum absolute atomic E-state index is 11.2. The second kappa shape index (κ2) is 6.53. The summed E-state index contributed by atoms with van der Waals surface area (Å²) >= 11 is 5.26. The van der Waals surface area contributed by atoms with E-state index < -0.39 is 23.6 Å². The molecular weight excluding hydrogens is 232 g/mol. The van der Waals surface area contributed by atoms with Crippen molar-refractivity contribution >= 4 is 23.5 Å². The van der Waals surface area contributed by atoms with E-state index in [0.717, 1.165) is 0 Å². The van der Waals surface area contributed by atoms with Gasteiger partial charge in [0.05, 0.1) is 0 Å². The molecule has 0 spiro atoms. The smallest absolute Gasteiger partial charge is 0.331 e. The van der Waals surface area contributed by atoms with Crippen LogP contribution < -0.4 is 0 Å². The van der Waals surface area contributed by atoms with E-state index >= 15 is 0 Å². The topological polar surface area (TPSA) is 52.6 Å². The molecule has 5 heteroatoms. The molecule has 16 heavy (non-hydrogen) atoms. The van der Waals surface area contributed by atoms with Crippen LogP contribution in [0.15, 0.2) is 12.2 Å². The van der Waals surface area contributed by atoms with Crippen LogP contribution in [0, 0.1) is 0 Å². The summed E-state index contributed by atoms with van der Waals surface area (Å²) in [4.78, 5) is 22.0. The van der Waals surface area contributed by atoms with E-state index in [-0.39, 0.29) is 5.88 Å². The third-order valence-electron chi connectivity index (χ3n) is 1.34. The molecule has 0 amide bonds. The molecule has 1 unspecified atom stereocenters. The Morgan fingerprint density at radius 2 is 1.94 bits per heavy atom. The highest BCUT2D eigenvalue weighted by Crippen LogP contribution is 2.07. The molecule has 4 nitrogen and oxygen atoms in total. The van der Waals surface area contributed by atoms with E-state index in [1.54, 1.807) is 27.7 Å². The number of carbonyl (C=O) groups excluding carboxylic acids is 2. The van der Waals surface area contributed by atoms with E-state index in [0.29, 0.717) is 0 Å². The number of alkyl halides is 1. The Morgan fingerprint density at radius 1 is 1.38 bits per heavy atom. The van der Waals surface area contributed by atoms with Crippen LogP contribution in [-0.2, 0) is 19.1 Å². The SMILES string of the molecule is CC(/C=C/C(=O)OC(C)(C)C)OC(=O)CCl. The standard InChI is InChI=1S/C11H17ClO4/c1-8(15-10(14)7-12)5-6-9(13)16-11(2,3)4/h5-6,8H,7H2,1-4H3/b6-5+. The van der Waals surface area contributed by atoms with Gasteiger partial charge in [-0.05, 0) is 33.8 Å². The number of halogens is 1. The fourth-order valence-electron chi connectivity index (χ4n) is 0.828. The molecule has 1 atom stereocenters. The summed E-state index contributed by atoms with van der Waals surface area (Å²) in [5.41, 5.74) is -0.530. The second-order valence-electron chi connectivity index (χ2n) is 4.22. The molecule has 0 radical (unpaired) electrons. The van der Waals surface area contributed by atoms with E-state index in [1.807, 2.05) is 0 Å². The van der Waals surface area contributed by atoms with Crippen LogP contribution in [0.2, 0.25) is 0 Å². The first-order valence-corrected chi connectivity index (χ1v) is 5.44. The molecule has 0 bridgehead atoms. The Morgan fingerprint density at radius 3 is 2.38 bits per heavy atom. The Bertz CT molecular complexity index is 278. The minimum absolute atomic E-state index is 0.204. The molecule has 0 aromatic heterocycles. The van der Waals surface area contributed by atoms with Gasteiger partial charge in [-0.2, -0.15) is 0 Å². The number of rotatable bonds is 4. The zero-order valence-corrected chi connectivity index (χ0v) is 10.7. The van der Waals surface area contributed by atoms with Gasteiger partial charge >= 0.3 is 11.9 Å². The van der Waals surface area contributed by atoms with Gasteiger partial charge in [0.2, 0.25) is 0 Å². The lowest BCUT2D eigenvalue weighted by Gasteiger charge is -2.18. The van der Waals surface area contributed by atoms with Crippen molar-refractivity contribution in [2.75, 3.05) is 5.88 Å². The quantitative estimate of drug-likeness (QED) is 0.434. The van der Waals surface area contributed by atoms with Crippen molar-refractivity contribution in [2.45, 2.75) is 39.4 Å². The molecule has 0 heterocycles. The summed E-state index contributed by atoms with van der Waals surface area (Å²) in [7, 11) is 0. The van der Waals surface area contributed by atoms with Crippen molar-refractivity contribution in [3.05, 3.63) is 12.2 Å². The maximum atomic E-state index is 11.2. The molecule has 0 fully saturated rings. The van der Waals surface area contributed by atoms with Crippen LogP contribution in [-0.4, -0.2) is 29.5 Å². The number of hydrogen-bond acceptors (Lipinski definition) is 4. The van der Waals surface area contributed by atoms with Crippen LogP contribution in [0.1, 0.15) is 27.7 Å². The zero-order chi connectivity index (χ0) is 12.8. The normalized spacial score (nSPS) is 13.6. The molecule has 0 N–H and O–H groups in total. The van der Waals surface area contributed by atoms with E-state index in [9.17, 15) is 9.59 Å². The van der Waals surface area contributed by atoms with E-state index in [2.05, 4.69) is 0 Å². The molecule has 0 aliphatic rings. The average molecular weight is 249 g/mol. The monoisotopic (exact) mass is 248 g/mol. The molecule has 0 rings (SSSR count). The maximum Gasteiger partial charge on any atom is 0.331 e. The lowest BCUT2D eigenvalue weighted by Crippen LogP contribution is -2.23. The highest BCUT2D eigenvalue weighted by atomic mass is 35.5. The molecule has 0 saturated carbocycles. The van der Waals surface area contributed by atoms with Gasteiger partial charge in [0.1, 0.15) is 17.6 Å². The van der Waals surface area contributed by atoms with Gasteiger partial charge in [0.25, 0.3) is 0 Å². The first-order chi connectivity index (χ1) is 7.24. The Kier molecular flexibility index (Phi) is 6.11. The molecule has 0 aliphatic carbocycles. The van der Waals surface area contributed by atoms with Crippen LogP contribution in [0.25, 0.3) is 0 Å². The predicted molar refractivity (Wildman–Crippen MR) is 61.3 cm³/mol. The zero-order valence-electron chi connectivity index (χ0n) is 9.95. The van der Waals surface area contributed by atoms with Crippen molar-refractivity contribution in [2.24, 2.45) is 0 Å². The van der Waals surface area contributed by atoms with Gasteiger partial charge < -0.3 is 9.47 Å². The molecule has 0 aromatic carbocycles. The van der Waals surface area contributed by atoms with Crippen molar-refractivity contribution in [3.8, 4) is 0 Å². The summed E-state index contributed by atoms with van der Waals surface area (Å²) in [5, 5.41) is 0. The van der Waals surface area contributed by atoms with Crippen molar-refractivity contribution in [3.63, 3.8) is 0 Å². The van der Waals surface area contributed by atoms with Crippen molar-refractivity contribution < 1.29 is 19.1 Å². The van der Waals surface area contributed by atoms with Crippen LogP contribution in [0.3, 0.4) is 0 Å². The lowest BCUT2D eigenvalue weighted by atomic mass is 10.2. The van der Waals surface area contributed by atoms with E-state index in [1.165, 1.54) is 12.2 Å². The molecular formula is C11H17ClO4. The summed E-state index contributed by atoms with van der Waals surface area (Å²) < 4.78 is 9.84. The number of esters is 2. The van der Waals surface area contributed by atoms with Crippen LogP contribution in [0.5, 0.6) is 0 Å². The van der Waals surface area contributed by atoms with Gasteiger partial charge in [0, 0.05) is 6.08 Å². The Labute approximate surface area is 101 Å². The van der Waals surface area contributed by atoms with E-state index in [4.69, 9.17) is 21.1 Å². The van der Waals surface area contributed by atoms with Crippen molar-refractivity contribution in [1.82, 2.24) is 0 Å². The number of hydrogen-bond donors (Lipinski definition) is 0. The highest BCUT2D eigenvalue weighted by Gasteiger charge is 2.14. The van der Waals surface area contributed by atoms with Crippen LogP contribution in [0.4, 0.5) is 0 Å². The first-order valence-electron chi connectivity index (χ1n) is 4.91. The minimum atomic E-state index is -0.530. The Balaban J connectivity index is 4.08. The highest BCUT2D eigenvalue weighted by molar-refractivity contribution is 6.26. The fourth-order valence-corrected chi connectivity index (χ4v) is 0.891.